The zero-order valence-electron chi connectivity index (χ0n) is 12.4. The zero-order chi connectivity index (χ0) is 16.6. The van der Waals surface area contributed by atoms with Gasteiger partial charge in [-0.15, -0.1) is 0 Å². The monoisotopic (exact) mass is 338 g/mol. The van der Waals surface area contributed by atoms with Crippen molar-refractivity contribution >= 4 is 21.9 Å². The van der Waals surface area contributed by atoms with Crippen molar-refractivity contribution in [2.75, 3.05) is 0 Å². The highest BCUT2D eigenvalue weighted by molar-refractivity contribution is 7.89. The third kappa shape index (κ3) is 3.70. The summed E-state index contributed by atoms with van der Waals surface area (Å²) in [4.78, 5) is 22.9. The van der Waals surface area contributed by atoms with Crippen LogP contribution in [0.5, 0.6) is 0 Å². The predicted molar refractivity (Wildman–Crippen MR) is 81.4 cm³/mol. The number of amides is 1. The maximum absolute atomic E-state index is 12.0. The summed E-state index contributed by atoms with van der Waals surface area (Å²) in [7, 11) is -3.52. The summed E-state index contributed by atoms with van der Waals surface area (Å²) >= 11 is 0. The highest BCUT2D eigenvalue weighted by Gasteiger charge is 2.35. The lowest BCUT2D eigenvalue weighted by Crippen LogP contribution is -2.46. The molecule has 23 heavy (non-hydrogen) atoms. The van der Waals surface area contributed by atoms with E-state index in [9.17, 15) is 18.0 Å². The Bertz CT molecular complexity index is 719. The Morgan fingerprint density at radius 3 is 2.17 bits per heavy atom. The van der Waals surface area contributed by atoms with Gasteiger partial charge >= 0.3 is 5.97 Å². The van der Waals surface area contributed by atoms with Crippen molar-refractivity contribution in [3.05, 3.63) is 29.8 Å². The Morgan fingerprint density at radius 1 is 1.04 bits per heavy atom. The zero-order valence-corrected chi connectivity index (χ0v) is 13.2. The maximum Gasteiger partial charge on any atom is 0.306 e. The van der Waals surface area contributed by atoms with E-state index in [0.717, 1.165) is 12.8 Å². The van der Waals surface area contributed by atoms with Crippen LogP contribution in [-0.4, -0.2) is 37.5 Å². The number of nitrogens with one attached hydrogen (secondary N) is 2. The van der Waals surface area contributed by atoms with Crippen LogP contribution in [0.4, 0.5) is 0 Å². The Morgan fingerprint density at radius 2 is 1.65 bits per heavy atom. The minimum Gasteiger partial charge on any atom is -0.481 e. The molecule has 0 aliphatic heterocycles. The van der Waals surface area contributed by atoms with Gasteiger partial charge in [-0.3, -0.25) is 9.59 Å². The molecule has 1 amide bonds. The van der Waals surface area contributed by atoms with Crippen LogP contribution < -0.4 is 10.0 Å². The standard InChI is InChI=1S/C15H18N2O5S/c18-14(16-12-7-10(8-12)15(19)20)9-1-5-13(6-2-9)23(21,22)17-11-3-4-11/h1-2,5-6,10-12,17H,3-4,7-8H2,(H,16,18)(H,19,20). The van der Waals surface area contributed by atoms with E-state index in [1.807, 2.05) is 0 Å². The molecule has 0 bridgehead atoms. The first-order chi connectivity index (χ1) is 10.8. The Labute approximate surface area is 134 Å². The first kappa shape index (κ1) is 15.9. The normalized spacial score (nSPS) is 23.8. The van der Waals surface area contributed by atoms with Crippen molar-refractivity contribution in [1.29, 1.82) is 0 Å². The first-order valence-corrected chi connectivity index (χ1v) is 8.99. The van der Waals surface area contributed by atoms with Gasteiger partial charge in [-0.2, -0.15) is 0 Å². The molecule has 0 atom stereocenters. The molecule has 0 spiro atoms. The van der Waals surface area contributed by atoms with Crippen LogP contribution in [0.1, 0.15) is 36.0 Å². The molecule has 0 heterocycles. The number of sulfonamides is 1. The second-order valence-electron chi connectivity index (χ2n) is 6.10. The van der Waals surface area contributed by atoms with E-state index in [0.29, 0.717) is 18.4 Å². The highest BCUT2D eigenvalue weighted by atomic mass is 32.2. The molecule has 0 aromatic heterocycles. The Hall–Kier alpha value is -1.93. The van der Waals surface area contributed by atoms with Gasteiger partial charge in [0, 0.05) is 17.6 Å². The molecular weight excluding hydrogens is 320 g/mol. The highest BCUT2D eigenvalue weighted by Crippen LogP contribution is 2.27. The van der Waals surface area contributed by atoms with E-state index in [1.54, 1.807) is 0 Å². The molecule has 2 aliphatic rings. The fourth-order valence-corrected chi connectivity index (χ4v) is 3.79. The molecular formula is C15H18N2O5S. The Balaban J connectivity index is 1.58. The molecule has 1 aromatic carbocycles. The average molecular weight is 338 g/mol. The maximum atomic E-state index is 12.0. The molecule has 3 rings (SSSR count). The van der Waals surface area contributed by atoms with Crippen LogP contribution in [0.25, 0.3) is 0 Å². The van der Waals surface area contributed by atoms with Crippen LogP contribution in [0, 0.1) is 5.92 Å². The van der Waals surface area contributed by atoms with Gasteiger partial charge in [-0.25, -0.2) is 13.1 Å². The number of rotatable bonds is 6. The number of carboxylic acid groups (broad SMARTS) is 1. The number of hydrogen-bond donors (Lipinski definition) is 3. The smallest absolute Gasteiger partial charge is 0.306 e. The van der Waals surface area contributed by atoms with Gasteiger partial charge in [0.2, 0.25) is 10.0 Å². The SMILES string of the molecule is O=C(NC1CC(C(=O)O)C1)c1ccc(S(=O)(=O)NC2CC2)cc1. The summed E-state index contributed by atoms with van der Waals surface area (Å²) in [5.41, 5.74) is 0.356. The van der Waals surface area contributed by atoms with Gasteiger partial charge in [0.05, 0.1) is 10.8 Å². The van der Waals surface area contributed by atoms with Crippen molar-refractivity contribution in [3.8, 4) is 0 Å². The molecule has 1 aromatic rings. The number of carbonyl (C=O) groups is 2. The fourth-order valence-electron chi connectivity index (χ4n) is 2.48. The summed E-state index contributed by atoms with van der Waals surface area (Å²) in [6, 6.07) is 5.63. The van der Waals surface area contributed by atoms with Crippen molar-refractivity contribution < 1.29 is 23.1 Å². The quantitative estimate of drug-likeness (QED) is 0.707. The van der Waals surface area contributed by atoms with E-state index in [2.05, 4.69) is 10.0 Å². The molecule has 2 saturated carbocycles. The van der Waals surface area contributed by atoms with Crippen LogP contribution in [0.15, 0.2) is 29.2 Å². The number of aliphatic carboxylic acids is 1. The van der Waals surface area contributed by atoms with E-state index in [1.165, 1.54) is 24.3 Å². The van der Waals surface area contributed by atoms with Crippen LogP contribution in [0.3, 0.4) is 0 Å². The van der Waals surface area contributed by atoms with E-state index < -0.39 is 16.0 Å². The van der Waals surface area contributed by atoms with Crippen LogP contribution in [0.2, 0.25) is 0 Å². The molecule has 0 saturated heterocycles. The first-order valence-electron chi connectivity index (χ1n) is 7.51. The molecule has 0 unspecified atom stereocenters. The molecule has 124 valence electrons. The van der Waals surface area contributed by atoms with Crippen LogP contribution in [-0.2, 0) is 14.8 Å². The van der Waals surface area contributed by atoms with Gasteiger partial charge in [-0.1, -0.05) is 0 Å². The molecule has 8 heteroatoms. The number of carbonyl (C=O) groups excluding carboxylic acids is 1. The largest absolute Gasteiger partial charge is 0.481 e. The lowest BCUT2D eigenvalue weighted by atomic mass is 9.80. The fraction of sp³-hybridized carbons (Fsp3) is 0.467. The van der Waals surface area contributed by atoms with Gasteiger partial charge in [0.25, 0.3) is 5.91 Å². The van der Waals surface area contributed by atoms with Crippen molar-refractivity contribution in [3.63, 3.8) is 0 Å². The second-order valence-corrected chi connectivity index (χ2v) is 7.81. The lowest BCUT2D eigenvalue weighted by Gasteiger charge is -2.32. The van der Waals surface area contributed by atoms with Gasteiger partial charge in [0.15, 0.2) is 0 Å². The summed E-state index contributed by atoms with van der Waals surface area (Å²) in [6.45, 7) is 0. The van der Waals surface area contributed by atoms with Crippen LogP contribution >= 0.6 is 0 Å². The van der Waals surface area contributed by atoms with E-state index in [4.69, 9.17) is 5.11 Å². The van der Waals surface area contributed by atoms with Crippen molar-refractivity contribution in [2.24, 2.45) is 5.92 Å². The van der Waals surface area contributed by atoms with Crippen molar-refractivity contribution in [2.45, 2.75) is 42.7 Å². The number of hydrogen-bond acceptors (Lipinski definition) is 4. The summed E-state index contributed by atoms with van der Waals surface area (Å²) < 4.78 is 26.6. The third-order valence-electron chi connectivity index (χ3n) is 4.15. The van der Waals surface area contributed by atoms with Gasteiger partial charge < -0.3 is 10.4 Å². The lowest BCUT2D eigenvalue weighted by molar-refractivity contribution is -0.145. The average Bonchev–Trinajstić information content (AvgIpc) is 3.25. The Kier molecular flexibility index (Phi) is 4.11. The minimum absolute atomic E-state index is 0.0313. The van der Waals surface area contributed by atoms with Crippen molar-refractivity contribution in [1.82, 2.24) is 10.0 Å². The minimum atomic E-state index is -3.52. The molecule has 0 radical (unpaired) electrons. The third-order valence-corrected chi connectivity index (χ3v) is 5.68. The molecule has 2 fully saturated rings. The summed E-state index contributed by atoms with van der Waals surface area (Å²) in [5, 5.41) is 11.6. The van der Waals surface area contributed by atoms with Gasteiger partial charge in [0.1, 0.15) is 0 Å². The predicted octanol–water partition coefficient (Wildman–Crippen LogP) is 0.720. The molecule has 3 N–H and O–H groups in total. The summed E-state index contributed by atoms with van der Waals surface area (Å²) in [5.74, 6) is -1.55. The number of benzene rings is 1. The van der Waals surface area contributed by atoms with E-state index in [-0.39, 0.29) is 28.8 Å². The van der Waals surface area contributed by atoms with Gasteiger partial charge in [-0.05, 0) is 49.9 Å². The molecule has 7 nitrogen and oxygen atoms in total. The summed E-state index contributed by atoms with van der Waals surface area (Å²) in [6.07, 6.45) is 2.58. The second kappa shape index (κ2) is 5.93. The van der Waals surface area contributed by atoms with E-state index >= 15 is 0 Å². The number of carboxylic acids is 1. The molecule has 2 aliphatic carbocycles. The topological polar surface area (TPSA) is 113 Å².